The third-order valence-electron chi connectivity index (χ3n) is 3.18. The number of nitrogens with zero attached hydrogens (tertiary/aromatic N) is 2. The van der Waals surface area contributed by atoms with E-state index in [0.29, 0.717) is 11.4 Å². The zero-order chi connectivity index (χ0) is 15.9. The Kier molecular flexibility index (Phi) is 3.42. The second kappa shape index (κ2) is 5.27. The molecule has 3 rings (SSSR count). The van der Waals surface area contributed by atoms with Crippen molar-refractivity contribution in [1.29, 1.82) is 5.41 Å². The Balaban J connectivity index is 2.00. The number of thiocarbonyl (C=S) groups is 1. The van der Waals surface area contributed by atoms with Gasteiger partial charge in [0, 0.05) is 0 Å². The number of carbonyl (C=O) groups is 1. The lowest BCUT2D eigenvalue weighted by atomic mass is 10.3. The molecule has 0 bridgehead atoms. The van der Waals surface area contributed by atoms with Gasteiger partial charge in [0.1, 0.15) is 11.6 Å². The minimum Gasteiger partial charge on any atom is -0.281 e. The van der Waals surface area contributed by atoms with Crippen LogP contribution in [0.2, 0.25) is 0 Å². The first-order valence-electron chi connectivity index (χ1n) is 6.27. The third kappa shape index (κ3) is 2.25. The maximum Gasteiger partial charge on any atom is 0.340 e. The van der Waals surface area contributed by atoms with Gasteiger partial charge in [-0.1, -0.05) is 12.2 Å². The topological polar surface area (TPSA) is 47.4 Å². The fourth-order valence-electron chi connectivity index (χ4n) is 2.13. The van der Waals surface area contributed by atoms with E-state index in [-0.39, 0.29) is 10.8 Å². The number of hydrogen-bond acceptors (Lipinski definition) is 3. The molecule has 1 heterocycles. The summed E-state index contributed by atoms with van der Waals surface area (Å²) in [6.07, 6.45) is 0. The molecule has 0 unspecified atom stereocenters. The molecule has 4 nitrogen and oxygen atoms in total. The molecule has 2 aromatic carbocycles. The molecule has 0 radical (unpaired) electrons. The van der Waals surface area contributed by atoms with Crippen LogP contribution in [-0.4, -0.2) is 16.9 Å². The van der Waals surface area contributed by atoms with Crippen molar-refractivity contribution in [2.45, 2.75) is 0 Å². The molecule has 0 aliphatic carbocycles. The number of amides is 2. The zero-order valence-corrected chi connectivity index (χ0v) is 11.9. The molecule has 0 atom stereocenters. The number of halogens is 2. The molecule has 1 fully saturated rings. The molecule has 2 aromatic rings. The maximum atomic E-state index is 13.0. The Morgan fingerprint density at radius 2 is 1.23 bits per heavy atom. The van der Waals surface area contributed by atoms with Crippen LogP contribution in [0.5, 0.6) is 0 Å². The average molecular weight is 317 g/mol. The van der Waals surface area contributed by atoms with E-state index in [2.05, 4.69) is 0 Å². The first kappa shape index (κ1) is 14.3. The molecule has 110 valence electrons. The van der Waals surface area contributed by atoms with E-state index in [1.807, 2.05) is 0 Å². The van der Waals surface area contributed by atoms with Crippen molar-refractivity contribution in [3.05, 3.63) is 60.2 Å². The van der Waals surface area contributed by atoms with Crippen molar-refractivity contribution in [2.24, 2.45) is 0 Å². The molecule has 22 heavy (non-hydrogen) atoms. The molecule has 1 N–H and O–H groups in total. The Hall–Kier alpha value is -2.67. The fraction of sp³-hybridized carbons (Fsp3) is 0. The number of nitrogens with one attached hydrogen (secondary N) is 1. The van der Waals surface area contributed by atoms with Crippen LogP contribution in [0.1, 0.15) is 0 Å². The highest BCUT2D eigenvalue weighted by Crippen LogP contribution is 2.28. The molecule has 1 aliphatic heterocycles. The lowest BCUT2D eigenvalue weighted by Gasteiger charge is -2.17. The van der Waals surface area contributed by atoms with Crippen molar-refractivity contribution in [1.82, 2.24) is 0 Å². The standard InChI is InChI=1S/C15H9F2N3OS/c16-9-1-5-11(6-2-9)19-13(18)14(22)20(15(19)21)12-7-3-10(17)4-8-12/h1-8,18H. The number of hydrogen-bond donors (Lipinski definition) is 1. The molecule has 0 aromatic heterocycles. The van der Waals surface area contributed by atoms with Gasteiger partial charge in [0.15, 0.2) is 10.8 Å². The Labute approximate surface area is 130 Å². The summed E-state index contributed by atoms with van der Waals surface area (Å²) in [6, 6.07) is 9.82. The fourth-order valence-corrected chi connectivity index (χ4v) is 2.41. The molecule has 7 heteroatoms. The summed E-state index contributed by atoms with van der Waals surface area (Å²) in [5, 5.41) is 8.01. The van der Waals surface area contributed by atoms with E-state index in [0.717, 1.165) is 9.80 Å². The normalized spacial score (nSPS) is 14.9. The molecule has 1 saturated heterocycles. The summed E-state index contributed by atoms with van der Waals surface area (Å²) >= 11 is 5.13. The first-order chi connectivity index (χ1) is 10.5. The zero-order valence-electron chi connectivity index (χ0n) is 11.1. The van der Waals surface area contributed by atoms with E-state index in [4.69, 9.17) is 17.6 Å². The number of anilines is 2. The summed E-state index contributed by atoms with van der Waals surface area (Å²) in [6.45, 7) is 0. The van der Waals surface area contributed by atoms with Crippen LogP contribution in [0.15, 0.2) is 48.5 Å². The van der Waals surface area contributed by atoms with Gasteiger partial charge in [-0.2, -0.15) is 0 Å². The number of urea groups is 1. The molecule has 0 spiro atoms. The van der Waals surface area contributed by atoms with Gasteiger partial charge < -0.3 is 0 Å². The molecular weight excluding hydrogens is 308 g/mol. The van der Waals surface area contributed by atoms with E-state index in [1.54, 1.807) is 0 Å². The maximum absolute atomic E-state index is 13.0. The van der Waals surface area contributed by atoms with Crippen molar-refractivity contribution < 1.29 is 13.6 Å². The van der Waals surface area contributed by atoms with Gasteiger partial charge in [-0.25, -0.2) is 23.4 Å². The van der Waals surface area contributed by atoms with Crippen molar-refractivity contribution >= 4 is 40.4 Å². The molecular formula is C15H9F2N3OS. The molecule has 1 aliphatic rings. The summed E-state index contributed by atoms with van der Waals surface area (Å²) in [5.74, 6) is -1.07. The minimum atomic E-state index is -0.562. The van der Waals surface area contributed by atoms with Gasteiger partial charge in [-0.05, 0) is 48.5 Å². The first-order valence-corrected chi connectivity index (χ1v) is 6.68. The summed E-state index contributed by atoms with van der Waals surface area (Å²) < 4.78 is 26.0. The van der Waals surface area contributed by atoms with Gasteiger partial charge in [-0.15, -0.1) is 0 Å². The highest BCUT2D eigenvalue weighted by molar-refractivity contribution is 7.82. The lowest BCUT2D eigenvalue weighted by molar-refractivity contribution is 0.257. The van der Waals surface area contributed by atoms with Crippen LogP contribution in [0.3, 0.4) is 0 Å². The van der Waals surface area contributed by atoms with Gasteiger partial charge in [0.2, 0.25) is 0 Å². The number of amidine groups is 1. The second-order valence-electron chi connectivity index (χ2n) is 4.56. The summed E-state index contributed by atoms with van der Waals surface area (Å²) in [4.78, 5) is 14.7. The summed E-state index contributed by atoms with van der Waals surface area (Å²) in [5.41, 5.74) is 0.703. The number of rotatable bonds is 2. The molecule has 2 amide bonds. The van der Waals surface area contributed by atoms with Crippen LogP contribution < -0.4 is 9.80 Å². The van der Waals surface area contributed by atoms with Gasteiger partial charge in [-0.3, -0.25) is 5.41 Å². The van der Waals surface area contributed by atoms with E-state index >= 15 is 0 Å². The van der Waals surface area contributed by atoms with Crippen LogP contribution in [0, 0.1) is 17.0 Å². The second-order valence-corrected chi connectivity index (χ2v) is 4.95. The van der Waals surface area contributed by atoms with Crippen LogP contribution in [0.4, 0.5) is 25.0 Å². The summed E-state index contributed by atoms with van der Waals surface area (Å²) in [7, 11) is 0. The molecule has 0 saturated carbocycles. The highest BCUT2D eigenvalue weighted by Gasteiger charge is 2.40. The van der Waals surface area contributed by atoms with Crippen molar-refractivity contribution in [2.75, 3.05) is 9.80 Å². The third-order valence-corrected chi connectivity index (χ3v) is 3.56. The van der Waals surface area contributed by atoms with E-state index in [9.17, 15) is 13.6 Å². The van der Waals surface area contributed by atoms with Crippen molar-refractivity contribution in [3.63, 3.8) is 0 Å². The predicted octanol–water partition coefficient (Wildman–Crippen LogP) is 3.72. The van der Waals surface area contributed by atoms with Gasteiger partial charge in [0.25, 0.3) is 0 Å². The van der Waals surface area contributed by atoms with E-state index in [1.165, 1.54) is 48.5 Å². The highest BCUT2D eigenvalue weighted by atomic mass is 32.1. The Bertz CT molecular complexity index is 709. The lowest BCUT2D eigenvalue weighted by Crippen LogP contribution is -2.33. The smallest absolute Gasteiger partial charge is 0.281 e. The van der Waals surface area contributed by atoms with E-state index < -0.39 is 17.7 Å². The Morgan fingerprint density at radius 1 is 0.818 bits per heavy atom. The van der Waals surface area contributed by atoms with Gasteiger partial charge >= 0.3 is 6.03 Å². The monoisotopic (exact) mass is 317 g/mol. The van der Waals surface area contributed by atoms with Crippen LogP contribution in [-0.2, 0) is 0 Å². The quantitative estimate of drug-likeness (QED) is 0.858. The van der Waals surface area contributed by atoms with Gasteiger partial charge in [0.05, 0.1) is 11.4 Å². The van der Waals surface area contributed by atoms with Crippen molar-refractivity contribution in [3.8, 4) is 0 Å². The SMILES string of the molecule is N=C1C(=S)N(c2ccc(F)cc2)C(=O)N1c1ccc(F)cc1. The Morgan fingerprint density at radius 3 is 1.68 bits per heavy atom. The largest absolute Gasteiger partial charge is 0.340 e. The number of carbonyl (C=O) groups excluding carboxylic acids is 1. The average Bonchev–Trinajstić information content (AvgIpc) is 2.72. The van der Waals surface area contributed by atoms with Crippen LogP contribution in [0.25, 0.3) is 0 Å². The number of benzene rings is 2. The predicted molar refractivity (Wildman–Crippen MR) is 83.5 cm³/mol. The minimum absolute atomic E-state index is 0.000864. The van der Waals surface area contributed by atoms with Crippen LogP contribution >= 0.6 is 12.2 Å².